The van der Waals surface area contributed by atoms with Crippen LogP contribution in [0.2, 0.25) is 0 Å². The van der Waals surface area contributed by atoms with Crippen molar-refractivity contribution in [1.29, 1.82) is 0 Å². The first-order valence-corrected chi connectivity index (χ1v) is 8.28. The molecule has 124 valence electrons. The molecule has 0 aliphatic carbocycles. The van der Waals surface area contributed by atoms with Gasteiger partial charge in [0.15, 0.2) is 0 Å². The van der Waals surface area contributed by atoms with Crippen LogP contribution in [0.1, 0.15) is 23.2 Å². The maximum Gasteiger partial charge on any atom is 0.321 e. The summed E-state index contributed by atoms with van der Waals surface area (Å²) >= 11 is 0. The van der Waals surface area contributed by atoms with Gasteiger partial charge in [0.25, 0.3) is 5.91 Å². The lowest BCUT2D eigenvalue weighted by Gasteiger charge is -2.32. The molecule has 1 aromatic rings. The molecule has 2 fully saturated rings. The minimum atomic E-state index is -0.0741. The van der Waals surface area contributed by atoms with Crippen molar-refractivity contribution in [2.45, 2.75) is 12.8 Å². The summed E-state index contributed by atoms with van der Waals surface area (Å²) in [5.41, 5.74) is 1.53. The Labute approximate surface area is 136 Å². The molecule has 2 N–H and O–H groups in total. The maximum atomic E-state index is 12.7. The first kappa shape index (κ1) is 15.8. The minimum absolute atomic E-state index is 0.0741. The number of piperidine rings is 1. The van der Waals surface area contributed by atoms with Gasteiger partial charge < -0.3 is 15.5 Å². The van der Waals surface area contributed by atoms with Gasteiger partial charge in [0.2, 0.25) is 0 Å². The van der Waals surface area contributed by atoms with Gasteiger partial charge in [0.05, 0.1) is 0 Å². The molecule has 6 heteroatoms. The monoisotopic (exact) mass is 316 g/mol. The van der Waals surface area contributed by atoms with Crippen LogP contribution >= 0.6 is 0 Å². The molecule has 3 amide bonds. The number of nitrogens with zero attached hydrogens (tertiary/aromatic N) is 2. The molecule has 0 spiro atoms. The average Bonchev–Trinajstić information content (AvgIpc) is 3.01. The molecule has 0 aromatic heterocycles. The summed E-state index contributed by atoms with van der Waals surface area (Å²) < 4.78 is 0. The van der Waals surface area contributed by atoms with E-state index in [9.17, 15) is 9.59 Å². The summed E-state index contributed by atoms with van der Waals surface area (Å²) in [5, 5.41) is 5.98. The summed E-state index contributed by atoms with van der Waals surface area (Å²) in [4.78, 5) is 28.0. The van der Waals surface area contributed by atoms with Crippen LogP contribution in [0.5, 0.6) is 0 Å². The van der Waals surface area contributed by atoms with Crippen molar-refractivity contribution in [2.75, 3.05) is 44.7 Å². The SMILES string of the molecule is CNC[C@H]1CCCN(C(=O)c2ccc(N3CCNC3=O)cc2)C1. The summed E-state index contributed by atoms with van der Waals surface area (Å²) in [6.07, 6.45) is 2.23. The van der Waals surface area contributed by atoms with E-state index in [0.29, 0.717) is 24.6 Å². The van der Waals surface area contributed by atoms with Crippen LogP contribution in [0.4, 0.5) is 10.5 Å². The molecule has 2 saturated heterocycles. The van der Waals surface area contributed by atoms with Crippen LogP contribution in [0.15, 0.2) is 24.3 Å². The first-order valence-electron chi connectivity index (χ1n) is 8.28. The van der Waals surface area contributed by atoms with Gasteiger partial charge in [-0.2, -0.15) is 0 Å². The Morgan fingerprint density at radius 1 is 1.30 bits per heavy atom. The molecular formula is C17H24N4O2. The topological polar surface area (TPSA) is 64.7 Å². The lowest BCUT2D eigenvalue weighted by atomic mass is 9.97. The van der Waals surface area contributed by atoms with E-state index >= 15 is 0 Å². The fourth-order valence-electron chi connectivity index (χ4n) is 3.39. The predicted octanol–water partition coefficient (Wildman–Crippen LogP) is 1.29. The summed E-state index contributed by atoms with van der Waals surface area (Å²) in [6.45, 7) is 3.93. The Bertz CT molecular complexity index is 570. The van der Waals surface area contributed by atoms with Gasteiger partial charge in [-0.05, 0) is 56.6 Å². The van der Waals surface area contributed by atoms with Gasteiger partial charge in [0.1, 0.15) is 0 Å². The molecule has 2 aliphatic heterocycles. The highest BCUT2D eigenvalue weighted by Gasteiger charge is 2.25. The lowest BCUT2D eigenvalue weighted by Crippen LogP contribution is -2.42. The summed E-state index contributed by atoms with van der Waals surface area (Å²) in [7, 11) is 1.95. The molecule has 1 atom stereocenters. The zero-order valence-electron chi connectivity index (χ0n) is 13.5. The smallest absolute Gasteiger partial charge is 0.321 e. The third kappa shape index (κ3) is 3.47. The molecule has 2 aliphatic rings. The Kier molecular flexibility index (Phi) is 4.81. The summed E-state index contributed by atoms with van der Waals surface area (Å²) in [6, 6.07) is 7.28. The Balaban J connectivity index is 1.66. The summed E-state index contributed by atoms with van der Waals surface area (Å²) in [5.74, 6) is 0.619. The number of urea groups is 1. The van der Waals surface area contributed by atoms with E-state index in [4.69, 9.17) is 0 Å². The average molecular weight is 316 g/mol. The fourth-order valence-corrected chi connectivity index (χ4v) is 3.39. The zero-order valence-corrected chi connectivity index (χ0v) is 13.5. The van der Waals surface area contributed by atoms with Crippen molar-refractivity contribution < 1.29 is 9.59 Å². The predicted molar refractivity (Wildman–Crippen MR) is 89.7 cm³/mol. The minimum Gasteiger partial charge on any atom is -0.338 e. The number of hydrogen-bond acceptors (Lipinski definition) is 3. The number of carbonyl (C=O) groups excluding carboxylic acids is 2. The highest BCUT2D eigenvalue weighted by Crippen LogP contribution is 2.21. The second-order valence-electron chi connectivity index (χ2n) is 6.25. The van der Waals surface area contributed by atoms with E-state index in [-0.39, 0.29) is 11.9 Å². The molecule has 0 bridgehead atoms. The van der Waals surface area contributed by atoms with Gasteiger partial charge in [-0.15, -0.1) is 0 Å². The van der Waals surface area contributed by atoms with E-state index in [2.05, 4.69) is 10.6 Å². The van der Waals surface area contributed by atoms with Gasteiger partial charge >= 0.3 is 6.03 Å². The molecule has 0 radical (unpaired) electrons. The molecule has 3 rings (SSSR count). The van der Waals surface area contributed by atoms with Crippen LogP contribution < -0.4 is 15.5 Å². The van der Waals surface area contributed by atoms with Crippen molar-refractivity contribution >= 4 is 17.6 Å². The fraction of sp³-hybridized carbons (Fsp3) is 0.529. The number of anilines is 1. The van der Waals surface area contributed by atoms with Gasteiger partial charge in [-0.3, -0.25) is 9.69 Å². The van der Waals surface area contributed by atoms with E-state index < -0.39 is 0 Å². The van der Waals surface area contributed by atoms with Crippen molar-refractivity contribution in [3.05, 3.63) is 29.8 Å². The van der Waals surface area contributed by atoms with Crippen molar-refractivity contribution in [3.8, 4) is 0 Å². The van der Waals surface area contributed by atoms with Crippen molar-refractivity contribution in [2.24, 2.45) is 5.92 Å². The van der Waals surface area contributed by atoms with E-state index in [1.165, 1.54) is 6.42 Å². The number of carbonyl (C=O) groups is 2. The van der Waals surface area contributed by atoms with Gasteiger partial charge in [-0.25, -0.2) is 4.79 Å². The molecule has 0 saturated carbocycles. The van der Waals surface area contributed by atoms with E-state index in [0.717, 1.165) is 31.7 Å². The van der Waals surface area contributed by atoms with Crippen molar-refractivity contribution in [1.82, 2.24) is 15.5 Å². The van der Waals surface area contributed by atoms with Crippen LogP contribution in [-0.2, 0) is 0 Å². The van der Waals surface area contributed by atoms with Crippen LogP contribution in [0, 0.1) is 5.92 Å². The lowest BCUT2D eigenvalue weighted by molar-refractivity contribution is 0.0674. The second kappa shape index (κ2) is 7.00. The van der Waals surface area contributed by atoms with E-state index in [1.807, 2.05) is 36.2 Å². The van der Waals surface area contributed by atoms with Crippen LogP contribution in [-0.4, -0.2) is 56.6 Å². The molecular weight excluding hydrogens is 292 g/mol. The first-order chi connectivity index (χ1) is 11.2. The molecule has 23 heavy (non-hydrogen) atoms. The third-order valence-corrected chi connectivity index (χ3v) is 4.58. The van der Waals surface area contributed by atoms with Crippen molar-refractivity contribution in [3.63, 3.8) is 0 Å². The third-order valence-electron chi connectivity index (χ3n) is 4.58. The largest absolute Gasteiger partial charge is 0.338 e. The Morgan fingerprint density at radius 2 is 2.09 bits per heavy atom. The molecule has 0 unspecified atom stereocenters. The normalized spacial score (nSPS) is 21.4. The number of benzene rings is 1. The number of nitrogens with one attached hydrogen (secondary N) is 2. The number of likely N-dealkylation sites (tertiary alicyclic amines) is 1. The zero-order chi connectivity index (χ0) is 16.2. The molecule has 6 nitrogen and oxygen atoms in total. The molecule has 2 heterocycles. The van der Waals surface area contributed by atoms with Gasteiger partial charge in [0, 0.05) is 37.4 Å². The number of hydrogen-bond donors (Lipinski definition) is 2. The van der Waals surface area contributed by atoms with Gasteiger partial charge in [-0.1, -0.05) is 0 Å². The van der Waals surface area contributed by atoms with Crippen LogP contribution in [0.3, 0.4) is 0 Å². The second-order valence-corrected chi connectivity index (χ2v) is 6.25. The Hall–Kier alpha value is -2.08. The number of amides is 3. The quantitative estimate of drug-likeness (QED) is 0.880. The van der Waals surface area contributed by atoms with Crippen LogP contribution in [0.25, 0.3) is 0 Å². The molecule has 1 aromatic carbocycles. The highest BCUT2D eigenvalue weighted by atomic mass is 16.2. The Morgan fingerprint density at radius 3 is 2.74 bits per heavy atom. The standard InChI is InChI=1S/C17H24N4O2/c1-18-11-13-3-2-9-20(12-13)16(22)14-4-6-15(7-5-14)21-10-8-19-17(21)23/h4-7,13,18H,2-3,8-12H2,1H3,(H,19,23)/t13-/m1/s1. The maximum absolute atomic E-state index is 12.7. The highest BCUT2D eigenvalue weighted by molar-refractivity contribution is 5.97. The van der Waals surface area contributed by atoms with E-state index in [1.54, 1.807) is 4.90 Å². The number of rotatable bonds is 4.